The summed E-state index contributed by atoms with van der Waals surface area (Å²) in [4.78, 5) is 11.5. The van der Waals surface area contributed by atoms with Crippen LogP contribution in [0.4, 0.5) is 0 Å². The second kappa shape index (κ2) is 5.26. The SMILES string of the molecule is CC(C)[N+](C=O)(Cc1ccccc1)C(C)C. The number of hydrogen-bond donors (Lipinski definition) is 0. The van der Waals surface area contributed by atoms with E-state index in [0.29, 0.717) is 16.6 Å². The Kier molecular flexibility index (Phi) is 4.25. The van der Waals surface area contributed by atoms with Crippen molar-refractivity contribution in [3.8, 4) is 0 Å². The molecule has 0 saturated heterocycles. The number of carbonyl (C=O) groups is 1. The first-order valence-corrected chi connectivity index (χ1v) is 5.90. The molecule has 2 nitrogen and oxygen atoms in total. The Balaban J connectivity index is 2.99. The number of benzene rings is 1. The summed E-state index contributed by atoms with van der Waals surface area (Å²) in [5, 5.41) is 0. The van der Waals surface area contributed by atoms with Gasteiger partial charge in [-0.1, -0.05) is 30.3 Å². The summed E-state index contributed by atoms with van der Waals surface area (Å²) in [5.41, 5.74) is 1.22. The summed E-state index contributed by atoms with van der Waals surface area (Å²) < 4.78 is 0.490. The largest absolute Gasteiger partial charge is 0.302 e. The van der Waals surface area contributed by atoms with Crippen molar-refractivity contribution in [3.63, 3.8) is 0 Å². The van der Waals surface area contributed by atoms with Crippen LogP contribution in [-0.4, -0.2) is 23.0 Å². The summed E-state index contributed by atoms with van der Waals surface area (Å²) in [6.45, 7) is 9.21. The van der Waals surface area contributed by atoms with Gasteiger partial charge in [-0.15, -0.1) is 0 Å². The molecular formula is C14H22NO+. The van der Waals surface area contributed by atoms with Gasteiger partial charge in [-0.25, -0.2) is 4.79 Å². The summed E-state index contributed by atoms with van der Waals surface area (Å²) in [7, 11) is 0. The molecule has 0 spiro atoms. The number of nitrogens with zero attached hydrogens (tertiary/aromatic N) is 1. The number of amides is 1. The molecule has 0 bridgehead atoms. The van der Waals surface area contributed by atoms with Crippen LogP contribution >= 0.6 is 0 Å². The molecule has 1 aromatic rings. The molecule has 0 aliphatic carbocycles. The van der Waals surface area contributed by atoms with Gasteiger partial charge in [-0.3, -0.25) is 4.48 Å². The number of hydrogen-bond acceptors (Lipinski definition) is 1. The third-order valence-corrected chi connectivity index (χ3v) is 3.42. The van der Waals surface area contributed by atoms with Gasteiger partial charge in [0.1, 0.15) is 6.54 Å². The predicted molar refractivity (Wildman–Crippen MR) is 66.7 cm³/mol. The smallest absolute Gasteiger partial charge is 0.256 e. The van der Waals surface area contributed by atoms with E-state index in [9.17, 15) is 4.79 Å². The number of rotatable bonds is 5. The Morgan fingerprint density at radius 2 is 1.56 bits per heavy atom. The molecule has 0 radical (unpaired) electrons. The van der Waals surface area contributed by atoms with Crippen molar-refractivity contribution in [2.45, 2.75) is 46.3 Å². The van der Waals surface area contributed by atoms with Crippen LogP contribution in [0.3, 0.4) is 0 Å². The Hall–Kier alpha value is -1.15. The zero-order valence-corrected chi connectivity index (χ0v) is 10.7. The van der Waals surface area contributed by atoms with E-state index in [1.54, 1.807) is 0 Å². The van der Waals surface area contributed by atoms with Crippen molar-refractivity contribution < 1.29 is 9.28 Å². The van der Waals surface area contributed by atoms with Crippen molar-refractivity contribution >= 4 is 6.41 Å². The van der Waals surface area contributed by atoms with Gasteiger partial charge in [0.15, 0.2) is 0 Å². The van der Waals surface area contributed by atoms with E-state index >= 15 is 0 Å². The minimum atomic E-state index is 0.303. The van der Waals surface area contributed by atoms with E-state index in [-0.39, 0.29) is 0 Å². The van der Waals surface area contributed by atoms with Crippen molar-refractivity contribution in [3.05, 3.63) is 35.9 Å². The first-order chi connectivity index (χ1) is 7.53. The Morgan fingerprint density at radius 1 is 1.06 bits per heavy atom. The van der Waals surface area contributed by atoms with Gasteiger partial charge in [0.2, 0.25) is 0 Å². The lowest BCUT2D eigenvalue weighted by molar-refractivity contribution is -0.900. The van der Waals surface area contributed by atoms with Gasteiger partial charge >= 0.3 is 6.41 Å². The van der Waals surface area contributed by atoms with Crippen LogP contribution in [0.5, 0.6) is 0 Å². The topological polar surface area (TPSA) is 17.1 Å². The molecule has 0 unspecified atom stereocenters. The summed E-state index contributed by atoms with van der Waals surface area (Å²) in [6, 6.07) is 10.8. The first-order valence-electron chi connectivity index (χ1n) is 5.90. The second-order valence-electron chi connectivity index (χ2n) is 4.93. The molecule has 0 fully saturated rings. The van der Waals surface area contributed by atoms with Crippen LogP contribution in [0, 0.1) is 0 Å². The molecule has 1 amide bonds. The highest BCUT2D eigenvalue weighted by atomic mass is 16.1. The molecule has 1 aromatic carbocycles. The maximum atomic E-state index is 11.5. The Morgan fingerprint density at radius 3 is 1.94 bits per heavy atom. The fourth-order valence-electron chi connectivity index (χ4n) is 2.14. The third kappa shape index (κ3) is 2.50. The molecule has 0 saturated carbocycles. The average Bonchev–Trinajstić information content (AvgIpc) is 2.26. The molecule has 0 atom stereocenters. The summed E-state index contributed by atoms with van der Waals surface area (Å²) in [6.07, 6.45) is 1.10. The number of quaternary nitrogens is 1. The zero-order valence-electron chi connectivity index (χ0n) is 10.7. The van der Waals surface area contributed by atoms with Gasteiger partial charge in [-0.05, 0) is 27.7 Å². The van der Waals surface area contributed by atoms with Crippen molar-refractivity contribution in [1.82, 2.24) is 0 Å². The summed E-state index contributed by atoms with van der Waals surface area (Å²) >= 11 is 0. The third-order valence-electron chi connectivity index (χ3n) is 3.42. The molecule has 88 valence electrons. The van der Waals surface area contributed by atoms with Crippen LogP contribution in [0.15, 0.2) is 30.3 Å². The van der Waals surface area contributed by atoms with Gasteiger partial charge in [0, 0.05) is 5.56 Å². The monoisotopic (exact) mass is 220 g/mol. The molecule has 2 heteroatoms. The minimum Gasteiger partial charge on any atom is -0.256 e. The fraction of sp³-hybridized carbons (Fsp3) is 0.500. The van der Waals surface area contributed by atoms with E-state index in [2.05, 4.69) is 39.8 Å². The van der Waals surface area contributed by atoms with Gasteiger partial charge in [0.25, 0.3) is 0 Å². The van der Waals surface area contributed by atoms with Crippen LogP contribution in [0.2, 0.25) is 0 Å². The maximum Gasteiger partial charge on any atom is 0.302 e. The summed E-state index contributed by atoms with van der Waals surface area (Å²) in [5.74, 6) is 0. The van der Waals surface area contributed by atoms with Crippen LogP contribution in [0.1, 0.15) is 33.3 Å². The van der Waals surface area contributed by atoms with E-state index in [0.717, 1.165) is 13.0 Å². The normalized spacial score (nSPS) is 12.1. The minimum absolute atomic E-state index is 0.303. The van der Waals surface area contributed by atoms with Crippen LogP contribution in [0.25, 0.3) is 0 Å². The molecule has 0 N–H and O–H groups in total. The first kappa shape index (κ1) is 12.9. The zero-order chi connectivity index (χ0) is 12.2. The van der Waals surface area contributed by atoms with Crippen molar-refractivity contribution in [1.29, 1.82) is 0 Å². The van der Waals surface area contributed by atoms with E-state index < -0.39 is 0 Å². The predicted octanol–water partition coefficient (Wildman–Crippen LogP) is 2.98. The van der Waals surface area contributed by atoms with Gasteiger partial charge in [0.05, 0.1) is 12.1 Å². The van der Waals surface area contributed by atoms with E-state index in [4.69, 9.17) is 0 Å². The Bertz CT molecular complexity index is 322. The Labute approximate surface area is 98.5 Å². The number of carbonyl (C=O) groups excluding carboxylic acids is 1. The van der Waals surface area contributed by atoms with Crippen LogP contribution < -0.4 is 0 Å². The van der Waals surface area contributed by atoms with Gasteiger partial charge in [-0.2, -0.15) is 0 Å². The fourth-order valence-corrected chi connectivity index (χ4v) is 2.14. The second-order valence-corrected chi connectivity index (χ2v) is 4.93. The van der Waals surface area contributed by atoms with Crippen molar-refractivity contribution in [2.75, 3.05) is 0 Å². The lowest BCUT2D eigenvalue weighted by Gasteiger charge is -2.39. The maximum absolute atomic E-state index is 11.5. The van der Waals surface area contributed by atoms with Crippen molar-refractivity contribution in [2.24, 2.45) is 0 Å². The molecule has 1 rings (SSSR count). The molecule has 16 heavy (non-hydrogen) atoms. The molecule has 0 aliphatic heterocycles. The highest BCUT2D eigenvalue weighted by Gasteiger charge is 2.34. The lowest BCUT2D eigenvalue weighted by Crippen LogP contribution is -2.55. The lowest BCUT2D eigenvalue weighted by atomic mass is 10.1. The van der Waals surface area contributed by atoms with Crippen LogP contribution in [-0.2, 0) is 11.3 Å². The van der Waals surface area contributed by atoms with E-state index in [1.807, 2.05) is 18.2 Å². The standard InChI is InChI=1S/C14H22NO/c1-12(2)15(11-16,13(3)4)10-14-8-6-5-7-9-14/h5-9,11-13H,10H2,1-4H3/q+1. The molecule has 0 aliphatic rings. The molecule has 0 aromatic heterocycles. The average molecular weight is 220 g/mol. The highest BCUT2D eigenvalue weighted by molar-refractivity contribution is 5.38. The van der Waals surface area contributed by atoms with E-state index in [1.165, 1.54) is 5.56 Å². The van der Waals surface area contributed by atoms with Gasteiger partial charge < -0.3 is 0 Å². The molecular weight excluding hydrogens is 198 g/mol. The molecule has 0 heterocycles. The highest BCUT2D eigenvalue weighted by Crippen LogP contribution is 2.21. The quantitative estimate of drug-likeness (QED) is 0.551.